The summed E-state index contributed by atoms with van der Waals surface area (Å²) in [7, 11) is 1.68. The zero-order valence-corrected chi connectivity index (χ0v) is 11.5. The van der Waals surface area contributed by atoms with Gasteiger partial charge in [0.05, 0.1) is 5.02 Å². The molecule has 0 aliphatic carbocycles. The molecule has 2 rings (SSSR count). The maximum atomic E-state index is 12.5. The number of carboxylic acids is 1. The van der Waals surface area contributed by atoms with Crippen molar-refractivity contribution in [3.63, 3.8) is 0 Å². The minimum absolute atomic E-state index is 0.333. The summed E-state index contributed by atoms with van der Waals surface area (Å²) in [6, 6.07) is 10.2. The van der Waals surface area contributed by atoms with Crippen molar-refractivity contribution in [3.8, 4) is 0 Å². The second-order valence-electron chi connectivity index (χ2n) is 4.28. The molecule has 0 saturated heterocycles. The lowest BCUT2D eigenvalue weighted by Gasteiger charge is -2.21. The van der Waals surface area contributed by atoms with Crippen LogP contribution in [0.15, 0.2) is 42.6 Å². The van der Waals surface area contributed by atoms with Crippen molar-refractivity contribution in [1.82, 2.24) is 4.57 Å². The highest BCUT2D eigenvalue weighted by Gasteiger charge is 2.22. The van der Waals surface area contributed by atoms with E-state index in [2.05, 4.69) is 0 Å². The average Bonchev–Trinajstić information content (AvgIpc) is 2.75. The summed E-state index contributed by atoms with van der Waals surface area (Å²) in [5.41, 5.74) is 0.859. The van der Waals surface area contributed by atoms with Crippen LogP contribution in [0.1, 0.15) is 10.5 Å². The topological polar surface area (TPSA) is 62.5 Å². The predicted molar refractivity (Wildman–Crippen MR) is 76.2 cm³/mol. The fourth-order valence-electron chi connectivity index (χ4n) is 1.90. The first kappa shape index (κ1) is 14.1. The molecule has 0 unspecified atom stereocenters. The van der Waals surface area contributed by atoms with Gasteiger partial charge in [-0.3, -0.25) is 14.5 Å². The van der Waals surface area contributed by atoms with Crippen LogP contribution in [0.3, 0.4) is 0 Å². The number of carbonyl (C=O) groups excluding carboxylic acids is 1. The summed E-state index contributed by atoms with van der Waals surface area (Å²) < 4.78 is 1.57. The van der Waals surface area contributed by atoms with Crippen LogP contribution in [0.2, 0.25) is 5.02 Å². The molecule has 2 aromatic rings. The first-order valence-electron chi connectivity index (χ1n) is 5.89. The molecule has 5 nitrogen and oxygen atoms in total. The van der Waals surface area contributed by atoms with E-state index in [-0.39, 0.29) is 0 Å². The van der Waals surface area contributed by atoms with Crippen LogP contribution in [-0.2, 0) is 11.8 Å². The van der Waals surface area contributed by atoms with E-state index in [1.165, 1.54) is 11.0 Å². The number of para-hydroxylation sites is 1. The molecule has 1 aromatic carbocycles. The zero-order valence-electron chi connectivity index (χ0n) is 10.8. The lowest BCUT2D eigenvalue weighted by atomic mass is 10.2. The number of nitrogens with zero attached hydrogens (tertiary/aromatic N) is 2. The van der Waals surface area contributed by atoms with Gasteiger partial charge in [0.1, 0.15) is 12.2 Å². The standard InChI is InChI=1S/C14H13ClN2O3/c1-16-8-10(15)7-12(16)14(20)17(9-13(18)19)11-5-3-2-4-6-11/h2-8H,9H2,1H3,(H,18,19). The highest BCUT2D eigenvalue weighted by atomic mass is 35.5. The Morgan fingerprint density at radius 1 is 1.30 bits per heavy atom. The Balaban J connectivity index is 2.39. The van der Waals surface area contributed by atoms with Crippen molar-refractivity contribution >= 4 is 29.2 Å². The van der Waals surface area contributed by atoms with Gasteiger partial charge in [0.25, 0.3) is 5.91 Å². The molecule has 0 fully saturated rings. The van der Waals surface area contributed by atoms with Crippen LogP contribution in [0.25, 0.3) is 0 Å². The van der Waals surface area contributed by atoms with Crippen LogP contribution < -0.4 is 4.90 Å². The Kier molecular flexibility index (Phi) is 4.10. The minimum atomic E-state index is -1.08. The number of aliphatic carboxylic acids is 1. The van der Waals surface area contributed by atoms with E-state index in [4.69, 9.17) is 16.7 Å². The minimum Gasteiger partial charge on any atom is -0.480 e. The molecule has 20 heavy (non-hydrogen) atoms. The number of hydrogen-bond donors (Lipinski definition) is 1. The monoisotopic (exact) mass is 292 g/mol. The molecule has 0 aliphatic rings. The Bertz CT molecular complexity index is 637. The van der Waals surface area contributed by atoms with Gasteiger partial charge >= 0.3 is 5.97 Å². The number of aromatic nitrogens is 1. The Morgan fingerprint density at radius 2 is 1.95 bits per heavy atom. The molecule has 1 amide bonds. The first-order valence-corrected chi connectivity index (χ1v) is 6.27. The van der Waals surface area contributed by atoms with Gasteiger partial charge in [0.15, 0.2) is 0 Å². The molecule has 1 aromatic heterocycles. The van der Waals surface area contributed by atoms with E-state index < -0.39 is 18.4 Å². The first-order chi connectivity index (χ1) is 9.49. The van der Waals surface area contributed by atoms with Crippen LogP contribution in [0.4, 0.5) is 5.69 Å². The predicted octanol–water partition coefficient (Wildman–Crippen LogP) is 2.41. The lowest BCUT2D eigenvalue weighted by molar-refractivity contribution is -0.135. The molecular formula is C14H13ClN2O3. The van der Waals surface area contributed by atoms with Gasteiger partial charge in [-0.15, -0.1) is 0 Å². The van der Waals surface area contributed by atoms with E-state index in [0.717, 1.165) is 0 Å². The molecule has 0 saturated carbocycles. The lowest BCUT2D eigenvalue weighted by Crippen LogP contribution is -2.36. The van der Waals surface area contributed by atoms with Gasteiger partial charge in [-0.05, 0) is 18.2 Å². The smallest absolute Gasteiger partial charge is 0.323 e. The molecule has 0 aliphatic heterocycles. The Labute approximate surface area is 121 Å². The third kappa shape index (κ3) is 3.00. The quantitative estimate of drug-likeness (QED) is 0.941. The maximum absolute atomic E-state index is 12.5. The SMILES string of the molecule is Cn1cc(Cl)cc1C(=O)N(CC(=O)O)c1ccccc1. The van der Waals surface area contributed by atoms with Gasteiger partial charge in [0.2, 0.25) is 0 Å². The molecule has 0 spiro atoms. The summed E-state index contributed by atoms with van der Waals surface area (Å²) in [6.45, 7) is -0.411. The number of anilines is 1. The van der Waals surface area contributed by atoms with Crippen LogP contribution >= 0.6 is 11.6 Å². The second-order valence-corrected chi connectivity index (χ2v) is 4.71. The van der Waals surface area contributed by atoms with E-state index in [0.29, 0.717) is 16.4 Å². The van der Waals surface area contributed by atoms with Gasteiger partial charge in [-0.25, -0.2) is 0 Å². The highest BCUT2D eigenvalue weighted by molar-refractivity contribution is 6.31. The van der Waals surface area contributed by atoms with Crippen molar-refractivity contribution in [1.29, 1.82) is 0 Å². The summed E-state index contributed by atoms with van der Waals surface area (Å²) in [5, 5.41) is 9.42. The van der Waals surface area contributed by atoms with Crippen molar-refractivity contribution in [2.24, 2.45) is 7.05 Å². The largest absolute Gasteiger partial charge is 0.480 e. The normalized spacial score (nSPS) is 10.3. The number of halogens is 1. The number of rotatable bonds is 4. The molecular weight excluding hydrogens is 280 g/mol. The molecule has 104 valence electrons. The summed E-state index contributed by atoms with van der Waals surface area (Å²) in [5.74, 6) is -1.49. The van der Waals surface area contributed by atoms with E-state index in [1.807, 2.05) is 0 Å². The Hall–Kier alpha value is -2.27. The summed E-state index contributed by atoms with van der Waals surface area (Å²) in [4.78, 5) is 24.7. The number of carbonyl (C=O) groups is 2. The molecule has 0 bridgehead atoms. The van der Waals surface area contributed by atoms with Crippen LogP contribution in [0.5, 0.6) is 0 Å². The van der Waals surface area contributed by atoms with Gasteiger partial charge < -0.3 is 9.67 Å². The number of hydrogen-bond acceptors (Lipinski definition) is 2. The second kappa shape index (κ2) is 5.79. The number of benzene rings is 1. The fourth-order valence-corrected chi connectivity index (χ4v) is 2.15. The number of carboxylic acid groups (broad SMARTS) is 1. The van der Waals surface area contributed by atoms with E-state index >= 15 is 0 Å². The highest BCUT2D eigenvalue weighted by Crippen LogP contribution is 2.19. The third-order valence-electron chi connectivity index (χ3n) is 2.80. The van der Waals surface area contributed by atoms with Gasteiger partial charge in [-0.1, -0.05) is 29.8 Å². The van der Waals surface area contributed by atoms with E-state index in [9.17, 15) is 9.59 Å². The van der Waals surface area contributed by atoms with Crippen molar-refractivity contribution in [2.45, 2.75) is 0 Å². The fraction of sp³-hybridized carbons (Fsp3) is 0.143. The van der Waals surface area contributed by atoms with Crippen molar-refractivity contribution in [2.75, 3.05) is 11.4 Å². The molecule has 1 heterocycles. The van der Waals surface area contributed by atoms with E-state index in [1.54, 1.807) is 48.1 Å². The Morgan fingerprint density at radius 3 is 2.45 bits per heavy atom. The molecule has 1 N–H and O–H groups in total. The molecule has 6 heteroatoms. The van der Waals surface area contributed by atoms with Crippen molar-refractivity contribution in [3.05, 3.63) is 53.3 Å². The van der Waals surface area contributed by atoms with Crippen molar-refractivity contribution < 1.29 is 14.7 Å². The number of amides is 1. The summed E-state index contributed by atoms with van der Waals surface area (Å²) >= 11 is 5.86. The third-order valence-corrected chi connectivity index (χ3v) is 3.00. The maximum Gasteiger partial charge on any atom is 0.323 e. The zero-order chi connectivity index (χ0) is 14.7. The number of aryl methyl sites for hydroxylation is 1. The average molecular weight is 293 g/mol. The summed E-state index contributed by atoms with van der Waals surface area (Å²) in [6.07, 6.45) is 1.60. The molecule has 0 radical (unpaired) electrons. The van der Waals surface area contributed by atoms with Crippen LogP contribution in [-0.4, -0.2) is 28.1 Å². The van der Waals surface area contributed by atoms with Gasteiger partial charge in [-0.2, -0.15) is 0 Å². The van der Waals surface area contributed by atoms with Crippen LogP contribution in [0, 0.1) is 0 Å². The van der Waals surface area contributed by atoms with Gasteiger partial charge in [0, 0.05) is 18.9 Å². The molecule has 0 atom stereocenters.